The van der Waals surface area contributed by atoms with Gasteiger partial charge in [-0.3, -0.25) is 0 Å². The van der Waals surface area contributed by atoms with Crippen LogP contribution in [0.5, 0.6) is 0 Å². The minimum atomic E-state index is 1.09. The highest BCUT2D eigenvalue weighted by Gasteiger charge is 2.06. The van der Waals surface area contributed by atoms with Crippen LogP contribution in [-0.2, 0) is 0 Å². The molecule has 0 radical (unpaired) electrons. The molecule has 144 valence electrons. The Hall–Kier alpha value is -2.68. The van der Waals surface area contributed by atoms with Gasteiger partial charge in [0.05, 0.1) is 0 Å². The van der Waals surface area contributed by atoms with Gasteiger partial charge in [0.25, 0.3) is 0 Å². The predicted molar refractivity (Wildman–Crippen MR) is 136 cm³/mol. The van der Waals surface area contributed by atoms with Gasteiger partial charge in [-0.2, -0.15) is 0 Å². The molecule has 0 fully saturated rings. The van der Waals surface area contributed by atoms with Crippen LogP contribution < -0.4 is 10.4 Å². The Bertz CT molecular complexity index is 1300. The second kappa shape index (κ2) is 8.22. The van der Waals surface area contributed by atoms with Crippen molar-refractivity contribution in [1.82, 2.24) is 0 Å². The van der Waals surface area contributed by atoms with E-state index in [1.54, 1.807) is 0 Å². The molecule has 0 unspecified atom stereocenters. The van der Waals surface area contributed by atoms with Crippen molar-refractivity contribution in [2.45, 2.75) is 0 Å². The van der Waals surface area contributed by atoms with Crippen LogP contribution in [0, 0.1) is 0 Å². The van der Waals surface area contributed by atoms with Crippen molar-refractivity contribution in [3.8, 4) is 0 Å². The molecule has 5 aromatic rings. The average molecular weight is 514 g/mol. The molecule has 0 nitrogen and oxygen atoms in total. The van der Waals surface area contributed by atoms with Crippen molar-refractivity contribution < 1.29 is 0 Å². The summed E-state index contributed by atoms with van der Waals surface area (Å²) in [7, 11) is 0. The summed E-state index contributed by atoms with van der Waals surface area (Å²) < 4.78 is 2.18. The molecule has 0 aliphatic rings. The number of hydrogen-bond acceptors (Lipinski definition) is 0. The third kappa shape index (κ3) is 3.74. The standard InChI is InChI=1S/C28H18Br2/c29-21-13-9-19(10-14-21)17-27-23-5-1-2-6-24(23)28(26-8-4-3-7-25(26)27)18-20-11-15-22(30)16-12-20/h1-18H. The first-order valence-corrected chi connectivity index (χ1v) is 11.4. The minimum absolute atomic E-state index is 1.09. The second-order valence-electron chi connectivity index (χ2n) is 7.31. The number of benzene rings is 5. The molecule has 0 aromatic heterocycles. The zero-order valence-corrected chi connectivity index (χ0v) is 19.3. The highest BCUT2D eigenvalue weighted by atomic mass is 79.9. The van der Waals surface area contributed by atoms with Crippen LogP contribution in [0.1, 0.15) is 11.1 Å². The predicted octanol–water partition coefficient (Wildman–Crippen LogP) is 7.18. The van der Waals surface area contributed by atoms with E-state index in [9.17, 15) is 0 Å². The molecule has 0 aliphatic heterocycles. The lowest BCUT2D eigenvalue weighted by molar-refractivity contribution is 1.59. The fourth-order valence-corrected chi connectivity index (χ4v) is 4.49. The molecule has 0 spiro atoms. The summed E-state index contributed by atoms with van der Waals surface area (Å²) in [6, 6.07) is 34.4. The largest absolute Gasteiger partial charge is 0.0616 e. The van der Waals surface area contributed by atoms with Gasteiger partial charge in [0.2, 0.25) is 0 Å². The van der Waals surface area contributed by atoms with Gasteiger partial charge in [-0.15, -0.1) is 0 Å². The Labute approximate surface area is 192 Å². The molecule has 5 aromatic carbocycles. The summed E-state index contributed by atoms with van der Waals surface area (Å²) >= 11 is 7.07. The first kappa shape index (κ1) is 19.3. The van der Waals surface area contributed by atoms with E-state index in [4.69, 9.17) is 0 Å². The molecule has 30 heavy (non-hydrogen) atoms. The third-order valence-electron chi connectivity index (χ3n) is 5.38. The number of rotatable bonds is 2. The molecule has 0 bridgehead atoms. The molecule has 0 atom stereocenters. The average Bonchev–Trinajstić information content (AvgIpc) is 2.78. The Balaban J connectivity index is 1.92. The molecule has 0 N–H and O–H groups in total. The van der Waals surface area contributed by atoms with E-state index in [-0.39, 0.29) is 0 Å². The van der Waals surface area contributed by atoms with Gasteiger partial charge in [0.15, 0.2) is 0 Å². The highest BCUT2D eigenvalue weighted by Crippen LogP contribution is 2.17. The van der Waals surface area contributed by atoms with Crippen molar-refractivity contribution in [1.29, 1.82) is 0 Å². The maximum Gasteiger partial charge on any atom is 0.0175 e. The summed E-state index contributed by atoms with van der Waals surface area (Å²) in [4.78, 5) is 0. The molecule has 0 amide bonds. The topological polar surface area (TPSA) is 0 Å². The van der Waals surface area contributed by atoms with E-state index in [1.165, 1.54) is 43.1 Å². The van der Waals surface area contributed by atoms with Gasteiger partial charge in [-0.1, -0.05) is 105 Å². The van der Waals surface area contributed by atoms with Gasteiger partial charge in [-0.05, 0) is 79.5 Å². The van der Waals surface area contributed by atoms with Crippen molar-refractivity contribution in [2.24, 2.45) is 0 Å². The Kier molecular flexibility index (Phi) is 5.28. The maximum absolute atomic E-state index is 3.53. The summed E-state index contributed by atoms with van der Waals surface area (Å²) in [5, 5.41) is 7.59. The van der Waals surface area contributed by atoms with Crippen LogP contribution in [0.3, 0.4) is 0 Å². The number of halogens is 2. The van der Waals surface area contributed by atoms with Crippen molar-refractivity contribution in [3.05, 3.63) is 128 Å². The fraction of sp³-hybridized carbons (Fsp3) is 0. The SMILES string of the molecule is Brc1ccc(C=c2c3ccccc3c(=Cc3ccc(Br)cc3)c3ccccc23)cc1. The van der Waals surface area contributed by atoms with Crippen LogP contribution in [0.2, 0.25) is 0 Å². The summed E-state index contributed by atoms with van der Waals surface area (Å²) in [6.07, 6.45) is 4.58. The zero-order valence-electron chi connectivity index (χ0n) is 16.1. The molecule has 5 rings (SSSR count). The van der Waals surface area contributed by atoms with Gasteiger partial charge in [0, 0.05) is 8.95 Å². The van der Waals surface area contributed by atoms with Gasteiger partial charge in [0.1, 0.15) is 0 Å². The smallest absolute Gasteiger partial charge is 0.0175 e. The van der Waals surface area contributed by atoms with Crippen LogP contribution in [0.25, 0.3) is 33.7 Å². The lowest BCUT2D eigenvalue weighted by atomic mass is 9.95. The van der Waals surface area contributed by atoms with E-state index in [1.807, 2.05) is 0 Å². The second-order valence-corrected chi connectivity index (χ2v) is 9.14. The maximum atomic E-state index is 3.53. The summed E-state index contributed by atoms with van der Waals surface area (Å²) in [6.45, 7) is 0. The normalized spacial score (nSPS) is 11.0. The summed E-state index contributed by atoms with van der Waals surface area (Å²) in [5.41, 5.74) is 2.39. The van der Waals surface area contributed by atoms with Crippen LogP contribution in [-0.4, -0.2) is 0 Å². The molecular formula is C28H18Br2. The Morgan fingerprint density at radius 1 is 0.400 bits per heavy atom. The molecule has 0 heterocycles. The molecule has 0 aliphatic carbocycles. The van der Waals surface area contributed by atoms with Crippen molar-refractivity contribution in [3.63, 3.8) is 0 Å². The zero-order chi connectivity index (χ0) is 20.5. The molecule has 0 saturated heterocycles. The lowest BCUT2D eigenvalue weighted by Gasteiger charge is -2.08. The Morgan fingerprint density at radius 2 is 0.700 bits per heavy atom. The fourth-order valence-electron chi connectivity index (χ4n) is 3.96. The van der Waals surface area contributed by atoms with Crippen molar-refractivity contribution in [2.75, 3.05) is 0 Å². The van der Waals surface area contributed by atoms with E-state index in [2.05, 4.69) is 141 Å². The molecule has 2 heteroatoms. The third-order valence-corrected chi connectivity index (χ3v) is 6.43. The summed E-state index contributed by atoms with van der Waals surface area (Å²) in [5.74, 6) is 0. The monoisotopic (exact) mass is 512 g/mol. The first-order valence-electron chi connectivity index (χ1n) is 9.83. The Morgan fingerprint density at radius 3 is 1.00 bits per heavy atom. The van der Waals surface area contributed by atoms with Crippen LogP contribution in [0.15, 0.2) is 106 Å². The quantitative estimate of drug-likeness (QED) is 0.219. The molecule has 0 saturated carbocycles. The van der Waals surface area contributed by atoms with E-state index < -0.39 is 0 Å². The van der Waals surface area contributed by atoms with Crippen LogP contribution in [0.4, 0.5) is 0 Å². The number of fused-ring (bicyclic) bond motifs is 2. The van der Waals surface area contributed by atoms with Gasteiger partial charge >= 0.3 is 0 Å². The highest BCUT2D eigenvalue weighted by molar-refractivity contribution is 9.10. The van der Waals surface area contributed by atoms with E-state index in [0.29, 0.717) is 0 Å². The van der Waals surface area contributed by atoms with Gasteiger partial charge in [-0.25, -0.2) is 0 Å². The van der Waals surface area contributed by atoms with Crippen LogP contribution >= 0.6 is 31.9 Å². The minimum Gasteiger partial charge on any atom is -0.0616 e. The van der Waals surface area contributed by atoms with E-state index in [0.717, 1.165) is 8.95 Å². The van der Waals surface area contributed by atoms with Crippen molar-refractivity contribution >= 4 is 65.6 Å². The molecular weight excluding hydrogens is 496 g/mol. The lowest BCUT2D eigenvalue weighted by Crippen LogP contribution is -2.15. The first-order chi connectivity index (χ1) is 14.7. The van der Waals surface area contributed by atoms with Gasteiger partial charge < -0.3 is 0 Å². The van der Waals surface area contributed by atoms with E-state index >= 15 is 0 Å². The number of hydrogen-bond donors (Lipinski definition) is 0.